The molecule has 0 bridgehead atoms. The van der Waals surface area contributed by atoms with Gasteiger partial charge in [-0.2, -0.15) is 5.10 Å². The largest absolute Gasteiger partial charge is 0.495 e. The second kappa shape index (κ2) is 8.31. The molecule has 0 spiro atoms. The molecule has 10 heteroatoms. The van der Waals surface area contributed by atoms with Gasteiger partial charge in [0.25, 0.3) is 0 Å². The van der Waals surface area contributed by atoms with Crippen LogP contribution < -0.4 is 15.2 Å². The Morgan fingerprint density at radius 3 is 2.88 bits per heavy atom. The Morgan fingerprint density at radius 2 is 2.09 bits per heavy atom. The Morgan fingerprint density at radius 1 is 1.28 bits per heavy atom. The fraction of sp³-hybridized carbons (Fsp3) is 0.318. The topological polar surface area (TPSA) is 96.6 Å². The lowest BCUT2D eigenvalue weighted by atomic mass is 10.1. The van der Waals surface area contributed by atoms with E-state index in [4.69, 9.17) is 21.1 Å². The number of nitrogens with one attached hydrogen (secondary N) is 2. The maximum Gasteiger partial charge on any atom is 0.185 e. The predicted octanol–water partition coefficient (Wildman–Crippen LogP) is 4.04. The van der Waals surface area contributed by atoms with Crippen molar-refractivity contribution in [2.45, 2.75) is 23.0 Å². The minimum Gasteiger partial charge on any atom is -0.495 e. The molecule has 2 aliphatic rings. The number of aromatic nitrogens is 2. The van der Waals surface area contributed by atoms with Gasteiger partial charge in [-0.3, -0.25) is 15.5 Å². The van der Waals surface area contributed by atoms with E-state index in [0.717, 1.165) is 22.2 Å². The third-order valence-electron chi connectivity index (χ3n) is 5.88. The fourth-order valence-electron chi connectivity index (χ4n) is 4.21. The van der Waals surface area contributed by atoms with Crippen molar-refractivity contribution in [2.24, 2.45) is 0 Å². The summed E-state index contributed by atoms with van der Waals surface area (Å²) >= 11 is 6.39. The van der Waals surface area contributed by atoms with E-state index >= 15 is 0 Å². The van der Waals surface area contributed by atoms with Crippen LogP contribution in [0.2, 0.25) is 5.02 Å². The van der Waals surface area contributed by atoms with Crippen molar-refractivity contribution in [1.29, 1.82) is 0 Å². The quantitative estimate of drug-likeness (QED) is 0.576. The molecule has 2 aliphatic heterocycles. The molecule has 168 valence electrons. The number of hydrogen-bond donors (Lipinski definition) is 2. The maximum absolute atomic E-state index is 13.4. The Bertz CT molecular complexity index is 1300. The minimum atomic E-state index is -3.55. The molecule has 0 radical (unpaired) electrons. The van der Waals surface area contributed by atoms with Crippen molar-refractivity contribution in [3.63, 3.8) is 0 Å². The number of hydrogen-bond acceptors (Lipinski definition) is 7. The summed E-state index contributed by atoms with van der Waals surface area (Å²) in [5.41, 5.74) is 5.70. The lowest BCUT2D eigenvalue weighted by Gasteiger charge is -2.30. The first-order chi connectivity index (χ1) is 15.5. The van der Waals surface area contributed by atoms with Gasteiger partial charge in [0.2, 0.25) is 0 Å². The van der Waals surface area contributed by atoms with E-state index in [-0.39, 0.29) is 4.90 Å². The lowest BCUT2D eigenvalue weighted by molar-refractivity contribution is 0.0983. The van der Waals surface area contributed by atoms with Crippen LogP contribution in [0.5, 0.6) is 5.75 Å². The molecular weight excluding hydrogens is 452 g/mol. The Hall–Kier alpha value is -2.75. The predicted molar refractivity (Wildman–Crippen MR) is 125 cm³/mol. The highest BCUT2D eigenvalue weighted by Crippen LogP contribution is 2.39. The lowest BCUT2D eigenvalue weighted by Crippen LogP contribution is -2.33. The maximum atomic E-state index is 13.4. The second-order valence-electron chi connectivity index (χ2n) is 7.78. The zero-order valence-corrected chi connectivity index (χ0v) is 19.0. The summed E-state index contributed by atoms with van der Waals surface area (Å²) in [6.45, 7) is 1.46. The van der Waals surface area contributed by atoms with Crippen LogP contribution in [0.25, 0.3) is 17.0 Å². The molecule has 5 rings (SSSR count). The first-order valence-electron chi connectivity index (χ1n) is 10.4. The van der Waals surface area contributed by atoms with Crippen LogP contribution in [0.15, 0.2) is 41.3 Å². The molecule has 8 nitrogen and oxygen atoms in total. The van der Waals surface area contributed by atoms with Crippen LogP contribution in [0.3, 0.4) is 0 Å². The van der Waals surface area contributed by atoms with Gasteiger partial charge in [0.1, 0.15) is 10.6 Å². The van der Waals surface area contributed by atoms with Crippen molar-refractivity contribution in [3.8, 4) is 5.75 Å². The van der Waals surface area contributed by atoms with E-state index in [1.54, 1.807) is 12.1 Å². The molecule has 1 aromatic heterocycles. The van der Waals surface area contributed by atoms with Crippen LogP contribution in [0, 0.1) is 0 Å². The van der Waals surface area contributed by atoms with Crippen molar-refractivity contribution in [3.05, 3.63) is 47.0 Å². The molecule has 0 atom stereocenters. The summed E-state index contributed by atoms with van der Waals surface area (Å²) in [4.78, 5) is 0.213. The van der Waals surface area contributed by atoms with Gasteiger partial charge in [-0.15, -0.1) is 0 Å². The summed E-state index contributed by atoms with van der Waals surface area (Å²) < 4.78 is 37.6. The average molecular weight is 475 g/mol. The molecule has 32 heavy (non-hydrogen) atoms. The van der Waals surface area contributed by atoms with Gasteiger partial charge in [-0.25, -0.2) is 8.42 Å². The van der Waals surface area contributed by atoms with Gasteiger partial charge in [0.15, 0.2) is 15.7 Å². The van der Waals surface area contributed by atoms with Gasteiger partial charge >= 0.3 is 0 Å². The number of rotatable bonds is 5. The molecule has 2 N–H and O–H groups in total. The van der Waals surface area contributed by atoms with E-state index in [1.807, 2.05) is 35.4 Å². The van der Waals surface area contributed by atoms with Gasteiger partial charge < -0.3 is 9.47 Å². The normalized spacial score (nSPS) is 16.9. The van der Waals surface area contributed by atoms with E-state index in [0.29, 0.717) is 49.2 Å². The number of nitrogens with zero attached hydrogens (tertiary/aromatic N) is 2. The van der Waals surface area contributed by atoms with Crippen molar-refractivity contribution in [1.82, 2.24) is 10.2 Å². The third kappa shape index (κ3) is 3.60. The minimum absolute atomic E-state index is 0.213. The van der Waals surface area contributed by atoms with Crippen LogP contribution in [0.4, 0.5) is 11.5 Å². The fourth-order valence-corrected chi connectivity index (χ4v) is 6.36. The molecule has 0 saturated carbocycles. The van der Waals surface area contributed by atoms with Crippen molar-refractivity contribution in [2.75, 3.05) is 37.3 Å². The molecule has 0 amide bonds. The summed E-state index contributed by atoms with van der Waals surface area (Å²) in [7, 11) is -2.06. The zero-order valence-electron chi connectivity index (χ0n) is 17.5. The molecule has 0 unspecified atom stereocenters. The summed E-state index contributed by atoms with van der Waals surface area (Å²) in [5, 5.41) is 10.1. The Kier molecular flexibility index (Phi) is 5.48. The van der Waals surface area contributed by atoms with Gasteiger partial charge in [-0.1, -0.05) is 29.8 Å². The second-order valence-corrected chi connectivity index (χ2v) is 10.4. The smallest absolute Gasteiger partial charge is 0.185 e. The van der Waals surface area contributed by atoms with Crippen molar-refractivity contribution < 1.29 is 17.9 Å². The number of ether oxygens (including phenoxy) is 2. The van der Waals surface area contributed by atoms with Gasteiger partial charge in [0.05, 0.1) is 40.5 Å². The number of benzene rings is 2. The molecule has 2 aromatic carbocycles. The highest BCUT2D eigenvalue weighted by atomic mass is 35.5. The summed E-state index contributed by atoms with van der Waals surface area (Å²) in [5.74, 6) is 0.909. The highest BCUT2D eigenvalue weighted by Gasteiger charge is 2.33. The number of methoxy groups -OCH3 is 1. The Labute approximate surface area is 191 Å². The number of fused-ring (bicyclic) bond motifs is 2. The highest BCUT2D eigenvalue weighted by molar-refractivity contribution is 7.92. The molecule has 1 saturated heterocycles. The monoisotopic (exact) mass is 474 g/mol. The van der Waals surface area contributed by atoms with Gasteiger partial charge in [0, 0.05) is 24.8 Å². The number of sulfone groups is 1. The van der Waals surface area contributed by atoms with Crippen LogP contribution >= 0.6 is 11.6 Å². The molecule has 3 aromatic rings. The van der Waals surface area contributed by atoms with Crippen LogP contribution in [0.1, 0.15) is 18.4 Å². The first-order valence-corrected chi connectivity index (χ1v) is 12.3. The van der Waals surface area contributed by atoms with Crippen molar-refractivity contribution >= 4 is 49.9 Å². The number of anilines is 2. The standard InChI is InChI=1S/C22H23ClN4O4S/c1-30-19-13-18-14(12-20(19)32(28,29)15-7-10-31-11-8-15)4-3-9-27(18)26-22-21-16(23)5-2-6-17(21)24-25-22/h2-6,12-13,15H,7-11H2,1H3,(H2,24,25,26). The molecule has 1 fully saturated rings. The first kappa shape index (κ1) is 21.1. The SMILES string of the molecule is COc1cc2c(cc1S(=O)(=O)C1CCOCC1)C=CCN2Nc1n[nH]c2cccc(Cl)c12. The molecule has 0 aliphatic carbocycles. The van der Waals surface area contributed by atoms with Crippen LogP contribution in [-0.4, -0.2) is 50.7 Å². The average Bonchev–Trinajstić information content (AvgIpc) is 3.23. The number of hydrazine groups is 1. The van der Waals surface area contributed by atoms with E-state index in [1.165, 1.54) is 7.11 Å². The van der Waals surface area contributed by atoms with E-state index < -0.39 is 15.1 Å². The zero-order chi connectivity index (χ0) is 22.3. The number of halogens is 1. The van der Waals surface area contributed by atoms with E-state index in [2.05, 4.69) is 15.6 Å². The summed E-state index contributed by atoms with van der Waals surface area (Å²) in [6, 6.07) is 9.02. The third-order valence-corrected chi connectivity index (χ3v) is 8.48. The van der Waals surface area contributed by atoms with Crippen LogP contribution in [-0.2, 0) is 14.6 Å². The summed E-state index contributed by atoms with van der Waals surface area (Å²) in [6.07, 6.45) is 4.85. The number of H-pyrrole nitrogens is 1. The van der Waals surface area contributed by atoms with Gasteiger partial charge in [-0.05, 0) is 31.0 Å². The molecule has 3 heterocycles. The van der Waals surface area contributed by atoms with E-state index in [9.17, 15) is 8.42 Å². The number of aromatic amines is 1. The molecular formula is C22H23ClN4O4S. The Balaban J connectivity index is 1.53.